The second-order valence-corrected chi connectivity index (χ2v) is 5.61. The number of morpholine rings is 1. The number of hydrogen-bond acceptors (Lipinski definition) is 4. The van der Waals surface area contributed by atoms with E-state index < -0.39 is 6.10 Å². The lowest BCUT2D eigenvalue weighted by Crippen LogP contribution is -2.56. The first-order valence-corrected chi connectivity index (χ1v) is 7.58. The molecule has 0 aromatic heterocycles. The van der Waals surface area contributed by atoms with Gasteiger partial charge >= 0.3 is 0 Å². The molecule has 0 radical (unpaired) electrons. The molecule has 1 amide bonds. The van der Waals surface area contributed by atoms with E-state index >= 15 is 0 Å². The topological polar surface area (TPSA) is 59.6 Å². The van der Waals surface area contributed by atoms with Gasteiger partial charge in [-0.25, -0.2) is 0 Å². The summed E-state index contributed by atoms with van der Waals surface area (Å²) in [6, 6.07) is 10.2. The Kier molecular flexibility index (Phi) is 4.53. The number of carbonyl (C=O) groups is 1. The summed E-state index contributed by atoms with van der Waals surface area (Å²) in [5, 5.41) is 6.43. The fourth-order valence-corrected chi connectivity index (χ4v) is 3.01. The van der Waals surface area contributed by atoms with Crippen LogP contribution in [0.4, 0.5) is 0 Å². The van der Waals surface area contributed by atoms with E-state index in [2.05, 4.69) is 22.8 Å². The van der Waals surface area contributed by atoms with E-state index in [0.29, 0.717) is 26.4 Å². The maximum atomic E-state index is 12.5. The van der Waals surface area contributed by atoms with Gasteiger partial charge in [0.1, 0.15) is 6.10 Å². The van der Waals surface area contributed by atoms with Crippen LogP contribution in [0.5, 0.6) is 0 Å². The monoisotopic (exact) mass is 290 g/mol. The molecule has 1 aromatic rings. The van der Waals surface area contributed by atoms with Crippen LogP contribution >= 0.6 is 0 Å². The molecule has 114 valence electrons. The first-order chi connectivity index (χ1) is 10.3. The van der Waals surface area contributed by atoms with Crippen LogP contribution in [0.3, 0.4) is 0 Å². The largest absolute Gasteiger partial charge is 0.381 e. The molecule has 5 heteroatoms. The van der Waals surface area contributed by atoms with Gasteiger partial charge in [0.15, 0.2) is 0 Å². The molecule has 2 fully saturated rings. The minimum Gasteiger partial charge on any atom is -0.381 e. The summed E-state index contributed by atoms with van der Waals surface area (Å²) in [6.45, 7) is 3.30. The quantitative estimate of drug-likeness (QED) is 0.864. The van der Waals surface area contributed by atoms with Crippen LogP contribution in [0.1, 0.15) is 18.4 Å². The standard InChI is InChI=1S/C16H22N2O3/c19-15(14-12-17-8-11-21-14)18-16(6-9-20-10-7-16)13-4-2-1-3-5-13/h1-5,14,17H,6-12H2,(H,18,19). The molecule has 2 aliphatic heterocycles. The third kappa shape index (κ3) is 3.26. The maximum absolute atomic E-state index is 12.5. The number of nitrogens with one attached hydrogen (secondary N) is 2. The van der Waals surface area contributed by atoms with Crippen molar-refractivity contribution >= 4 is 5.91 Å². The molecule has 3 rings (SSSR count). The Balaban J connectivity index is 1.77. The first-order valence-electron chi connectivity index (χ1n) is 7.58. The first kappa shape index (κ1) is 14.5. The number of carbonyl (C=O) groups excluding carboxylic acids is 1. The van der Waals surface area contributed by atoms with Crippen molar-refractivity contribution < 1.29 is 14.3 Å². The van der Waals surface area contributed by atoms with E-state index in [9.17, 15) is 4.79 Å². The Hall–Kier alpha value is -1.43. The highest BCUT2D eigenvalue weighted by Gasteiger charge is 2.37. The van der Waals surface area contributed by atoms with Gasteiger partial charge < -0.3 is 20.1 Å². The smallest absolute Gasteiger partial charge is 0.251 e. The minimum absolute atomic E-state index is 0.0343. The molecular weight excluding hydrogens is 268 g/mol. The zero-order valence-corrected chi connectivity index (χ0v) is 12.1. The van der Waals surface area contributed by atoms with Gasteiger partial charge in [0, 0.05) is 26.3 Å². The molecule has 1 atom stereocenters. The van der Waals surface area contributed by atoms with Gasteiger partial charge in [-0.2, -0.15) is 0 Å². The summed E-state index contributed by atoms with van der Waals surface area (Å²) >= 11 is 0. The molecule has 2 saturated heterocycles. The highest BCUT2D eigenvalue weighted by atomic mass is 16.5. The molecule has 21 heavy (non-hydrogen) atoms. The predicted octanol–water partition coefficient (Wildman–Crippen LogP) is 0.797. The zero-order valence-electron chi connectivity index (χ0n) is 12.1. The summed E-state index contributed by atoms with van der Waals surface area (Å²) in [5.41, 5.74) is 0.808. The van der Waals surface area contributed by atoms with Gasteiger partial charge in [-0.3, -0.25) is 4.79 Å². The Morgan fingerprint density at radius 3 is 2.62 bits per heavy atom. The summed E-state index contributed by atoms with van der Waals surface area (Å²) in [4.78, 5) is 12.5. The van der Waals surface area contributed by atoms with E-state index in [0.717, 1.165) is 24.9 Å². The Morgan fingerprint density at radius 1 is 1.19 bits per heavy atom. The number of ether oxygens (including phenoxy) is 2. The van der Waals surface area contributed by atoms with Gasteiger partial charge in [-0.1, -0.05) is 30.3 Å². The molecule has 2 aliphatic rings. The van der Waals surface area contributed by atoms with Crippen molar-refractivity contribution in [3.05, 3.63) is 35.9 Å². The molecule has 0 bridgehead atoms. The highest BCUT2D eigenvalue weighted by Crippen LogP contribution is 2.32. The molecule has 5 nitrogen and oxygen atoms in total. The third-order valence-corrected chi connectivity index (χ3v) is 4.26. The molecule has 0 spiro atoms. The van der Waals surface area contributed by atoms with Crippen LogP contribution < -0.4 is 10.6 Å². The van der Waals surface area contributed by atoms with Gasteiger partial charge in [-0.15, -0.1) is 0 Å². The lowest BCUT2D eigenvalue weighted by molar-refractivity contribution is -0.137. The van der Waals surface area contributed by atoms with Crippen LogP contribution in [0.15, 0.2) is 30.3 Å². The van der Waals surface area contributed by atoms with E-state index in [1.54, 1.807) is 0 Å². The van der Waals surface area contributed by atoms with E-state index in [1.165, 1.54) is 0 Å². The summed E-state index contributed by atoms with van der Waals surface area (Å²) < 4.78 is 11.0. The Bertz CT molecular complexity index is 466. The fraction of sp³-hybridized carbons (Fsp3) is 0.562. The van der Waals surface area contributed by atoms with Crippen LogP contribution in [0, 0.1) is 0 Å². The molecule has 1 aromatic carbocycles. The lowest BCUT2D eigenvalue weighted by Gasteiger charge is -2.39. The molecule has 0 aliphatic carbocycles. The van der Waals surface area contributed by atoms with Gasteiger partial charge in [0.2, 0.25) is 0 Å². The Labute approximate surface area is 125 Å². The van der Waals surface area contributed by atoms with Crippen molar-refractivity contribution in [2.75, 3.05) is 32.9 Å². The van der Waals surface area contributed by atoms with Crippen molar-refractivity contribution in [1.82, 2.24) is 10.6 Å². The normalized spacial score (nSPS) is 25.2. The van der Waals surface area contributed by atoms with Crippen molar-refractivity contribution in [3.63, 3.8) is 0 Å². The molecule has 1 unspecified atom stereocenters. The molecular formula is C16H22N2O3. The molecule has 2 N–H and O–H groups in total. The van der Waals surface area contributed by atoms with Gasteiger partial charge in [0.05, 0.1) is 12.1 Å². The predicted molar refractivity (Wildman–Crippen MR) is 78.9 cm³/mol. The minimum atomic E-state index is -0.401. The summed E-state index contributed by atoms with van der Waals surface area (Å²) in [5.74, 6) is -0.0343. The van der Waals surface area contributed by atoms with Crippen LogP contribution in [0.25, 0.3) is 0 Å². The third-order valence-electron chi connectivity index (χ3n) is 4.26. The SMILES string of the molecule is O=C(NC1(c2ccccc2)CCOCC1)C1CNCCO1. The Morgan fingerprint density at radius 2 is 1.95 bits per heavy atom. The van der Waals surface area contributed by atoms with Crippen molar-refractivity contribution in [3.8, 4) is 0 Å². The second-order valence-electron chi connectivity index (χ2n) is 5.61. The van der Waals surface area contributed by atoms with Gasteiger partial charge in [0.25, 0.3) is 5.91 Å². The van der Waals surface area contributed by atoms with E-state index in [1.807, 2.05) is 18.2 Å². The average Bonchev–Trinajstić information content (AvgIpc) is 2.57. The average molecular weight is 290 g/mol. The maximum Gasteiger partial charge on any atom is 0.251 e. The van der Waals surface area contributed by atoms with E-state index in [-0.39, 0.29) is 11.4 Å². The lowest BCUT2D eigenvalue weighted by atomic mass is 9.82. The molecule has 0 saturated carbocycles. The molecule has 2 heterocycles. The van der Waals surface area contributed by atoms with Crippen molar-refractivity contribution in [2.45, 2.75) is 24.5 Å². The van der Waals surface area contributed by atoms with Gasteiger partial charge in [-0.05, 0) is 18.4 Å². The number of benzene rings is 1. The number of rotatable bonds is 3. The highest BCUT2D eigenvalue weighted by molar-refractivity contribution is 5.82. The van der Waals surface area contributed by atoms with Crippen molar-refractivity contribution in [2.24, 2.45) is 0 Å². The zero-order chi connectivity index (χ0) is 14.5. The number of hydrogen-bond donors (Lipinski definition) is 2. The van der Waals surface area contributed by atoms with Crippen LogP contribution in [0.2, 0.25) is 0 Å². The summed E-state index contributed by atoms with van der Waals surface area (Å²) in [7, 11) is 0. The second kappa shape index (κ2) is 6.56. The van der Waals surface area contributed by atoms with E-state index in [4.69, 9.17) is 9.47 Å². The van der Waals surface area contributed by atoms with Crippen molar-refractivity contribution in [1.29, 1.82) is 0 Å². The van der Waals surface area contributed by atoms with Crippen LogP contribution in [-0.4, -0.2) is 44.9 Å². The fourth-order valence-electron chi connectivity index (χ4n) is 3.01. The number of amides is 1. The van der Waals surface area contributed by atoms with Crippen LogP contribution in [-0.2, 0) is 19.8 Å². The summed E-state index contributed by atoms with van der Waals surface area (Å²) in [6.07, 6.45) is 1.19.